The van der Waals surface area contributed by atoms with Crippen LogP contribution in [0.1, 0.15) is 29.6 Å². The summed E-state index contributed by atoms with van der Waals surface area (Å²) in [7, 11) is -3.99. The van der Waals surface area contributed by atoms with Gasteiger partial charge in [0.05, 0.1) is 6.61 Å². The lowest BCUT2D eigenvalue weighted by molar-refractivity contribution is 0.0984. The zero-order valence-electron chi connectivity index (χ0n) is 14.2. The number of benzene rings is 2. The number of carbonyl (C=O) groups excluding carboxylic acids is 1. The number of nitrogens with one attached hydrogen (secondary N) is 1. The van der Waals surface area contributed by atoms with E-state index in [0.29, 0.717) is 23.8 Å². The van der Waals surface area contributed by atoms with E-state index in [2.05, 4.69) is 4.72 Å². The van der Waals surface area contributed by atoms with E-state index in [9.17, 15) is 17.6 Å². The lowest BCUT2D eigenvalue weighted by atomic mass is 10.1. The van der Waals surface area contributed by atoms with Crippen molar-refractivity contribution in [3.05, 3.63) is 59.9 Å². The van der Waals surface area contributed by atoms with E-state index in [4.69, 9.17) is 4.74 Å². The first-order valence-electron chi connectivity index (χ1n) is 8.46. The number of ether oxygens (including phenoxy) is 1. The molecule has 0 aliphatic heterocycles. The SMILES string of the molecule is O=C(CCNS(=O)(=O)c1ccccc1F)c1cccc(OCC2CC2)c1. The van der Waals surface area contributed by atoms with Crippen LogP contribution in [0.3, 0.4) is 0 Å². The van der Waals surface area contributed by atoms with E-state index in [1.807, 2.05) is 0 Å². The fraction of sp³-hybridized carbons (Fsp3) is 0.316. The van der Waals surface area contributed by atoms with E-state index in [1.165, 1.54) is 31.0 Å². The fourth-order valence-electron chi connectivity index (χ4n) is 2.44. The van der Waals surface area contributed by atoms with Crippen LogP contribution in [0.5, 0.6) is 5.75 Å². The standard InChI is InChI=1S/C19H20FNO4S/c20-17-6-1-2-7-19(17)26(23,24)21-11-10-18(22)15-4-3-5-16(12-15)25-13-14-8-9-14/h1-7,12,14,21H,8-11,13H2. The van der Waals surface area contributed by atoms with Crippen molar-refractivity contribution in [2.45, 2.75) is 24.2 Å². The number of Topliss-reactive ketones (excluding diaryl/α,β-unsaturated/α-hetero) is 1. The van der Waals surface area contributed by atoms with Crippen LogP contribution in [-0.2, 0) is 10.0 Å². The molecule has 2 aromatic carbocycles. The third-order valence-corrected chi connectivity index (χ3v) is 5.60. The Hall–Kier alpha value is -2.25. The van der Waals surface area contributed by atoms with Crippen molar-refractivity contribution in [1.82, 2.24) is 4.72 Å². The molecule has 0 aromatic heterocycles. The molecule has 1 saturated carbocycles. The molecule has 26 heavy (non-hydrogen) atoms. The summed E-state index contributed by atoms with van der Waals surface area (Å²) < 4.78 is 45.7. The molecule has 5 nitrogen and oxygen atoms in total. The van der Waals surface area contributed by atoms with Gasteiger partial charge in [-0.25, -0.2) is 17.5 Å². The molecular weight excluding hydrogens is 357 g/mol. The molecule has 0 saturated heterocycles. The molecule has 0 heterocycles. The molecule has 0 spiro atoms. The highest BCUT2D eigenvalue weighted by atomic mass is 32.2. The fourth-order valence-corrected chi connectivity index (χ4v) is 3.55. The van der Waals surface area contributed by atoms with Gasteiger partial charge < -0.3 is 4.74 Å². The zero-order chi connectivity index (χ0) is 18.6. The molecule has 1 N–H and O–H groups in total. The molecule has 1 fully saturated rings. The molecule has 0 radical (unpaired) electrons. The third kappa shape index (κ3) is 4.89. The molecule has 0 bridgehead atoms. The van der Waals surface area contributed by atoms with Gasteiger partial charge in [0.15, 0.2) is 5.78 Å². The predicted octanol–water partition coefficient (Wildman–Crippen LogP) is 3.17. The molecule has 0 amide bonds. The Kier molecular flexibility index (Phi) is 5.68. The molecular formula is C19H20FNO4S. The van der Waals surface area contributed by atoms with Crippen LogP contribution < -0.4 is 9.46 Å². The van der Waals surface area contributed by atoms with Gasteiger partial charge >= 0.3 is 0 Å². The van der Waals surface area contributed by atoms with E-state index in [-0.39, 0.29) is 18.7 Å². The molecule has 2 aromatic rings. The van der Waals surface area contributed by atoms with Gasteiger partial charge in [-0.2, -0.15) is 0 Å². The molecule has 3 rings (SSSR count). The van der Waals surface area contributed by atoms with Crippen LogP contribution in [0.15, 0.2) is 53.4 Å². The Labute approximate surface area is 152 Å². The van der Waals surface area contributed by atoms with Crippen LogP contribution in [0.2, 0.25) is 0 Å². The van der Waals surface area contributed by atoms with Gasteiger partial charge in [0.2, 0.25) is 10.0 Å². The smallest absolute Gasteiger partial charge is 0.243 e. The molecule has 0 atom stereocenters. The molecule has 7 heteroatoms. The van der Waals surface area contributed by atoms with Crippen molar-refractivity contribution in [3.8, 4) is 5.75 Å². The van der Waals surface area contributed by atoms with Gasteiger partial charge in [-0.05, 0) is 43.0 Å². The van der Waals surface area contributed by atoms with Crippen LogP contribution in [-0.4, -0.2) is 27.4 Å². The Balaban J connectivity index is 1.55. The lowest BCUT2D eigenvalue weighted by Gasteiger charge is -2.09. The topological polar surface area (TPSA) is 72.5 Å². The van der Waals surface area contributed by atoms with E-state index in [1.54, 1.807) is 24.3 Å². The first-order chi connectivity index (χ1) is 12.5. The Morgan fingerprint density at radius 3 is 2.65 bits per heavy atom. The summed E-state index contributed by atoms with van der Waals surface area (Å²) in [5.41, 5.74) is 0.461. The number of sulfonamides is 1. The largest absolute Gasteiger partial charge is 0.493 e. The minimum Gasteiger partial charge on any atom is -0.493 e. The Morgan fingerprint density at radius 2 is 1.92 bits per heavy atom. The third-order valence-electron chi connectivity index (χ3n) is 4.11. The number of rotatable bonds is 9. The Bertz CT molecular complexity index is 894. The quantitative estimate of drug-likeness (QED) is 0.682. The predicted molar refractivity (Wildman–Crippen MR) is 95.2 cm³/mol. The van der Waals surface area contributed by atoms with Crippen LogP contribution in [0.25, 0.3) is 0 Å². The summed E-state index contributed by atoms with van der Waals surface area (Å²) in [6.07, 6.45) is 2.33. The van der Waals surface area contributed by atoms with Gasteiger partial charge in [-0.3, -0.25) is 4.79 Å². The average molecular weight is 377 g/mol. The van der Waals surface area contributed by atoms with Crippen molar-refractivity contribution < 1.29 is 22.3 Å². The summed E-state index contributed by atoms with van der Waals surface area (Å²) in [5.74, 6) is 0.210. The van der Waals surface area contributed by atoms with Crippen molar-refractivity contribution >= 4 is 15.8 Å². The monoisotopic (exact) mass is 377 g/mol. The summed E-state index contributed by atoms with van der Waals surface area (Å²) >= 11 is 0. The maximum Gasteiger partial charge on any atom is 0.243 e. The number of hydrogen-bond donors (Lipinski definition) is 1. The van der Waals surface area contributed by atoms with E-state index < -0.39 is 20.7 Å². The number of hydrogen-bond acceptors (Lipinski definition) is 4. The highest BCUT2D eigenvalue weighted by Gasteiger charge is 2.22. The van der Waals surface area contributed by atoms with E-state index >= 15 is 0 Å². The minimum absolute atomic E-state index is 0.0280. The molecule has 138 valence electrons. The van der Waals surface area contributed by atoms with Crippen LogP contribution in [0, 0.1) is 11.7 Å². The maximum atomic E-state index is 13.6. The van der Waals surface area contributed by atoms with Crippen LogP contribution in [0.4, 0.5) is 4.39 Å². The maximum absolute atomic E-state index is 13.6. The summed E-state index contributed by atoms with van der Waals surface area (Å²) in [4.78, 5) is 11.8. The molecule has 0 unspecified atom stereocenters. The zero-order valence-corrected chi connectivity index (χ0v) is 15.0. The van der Waals surface area contributed by atoms with Crippen molar-refractivity contribution in [3.63, 3.8) is 0 Å². The van der Waals surface area contributed by atoms with Gasteiger partial charge in [-0.1, -0.05) is 24.3 Å². The number of ketones is 1. The number of halogens is 1. The van der Waals surface area contributed by atoms with E-state index in [0.717, 1.165) is 6.07 Å². The highest BCUT2D eigenvalue weighted by molar-refractivity contribution is 7.89. The van der Waals surface area contributed by atoms with Crippen molar-refractivity contribution in [2.24, 2.45) is 5.92 Å². The molecule has 1 aliphatic rings. The second kappa shape index (κ2) is 7.97. The van der Waals surface area contributed by atoms with Crippen LogP contribution >= 0.6 is 0 Å². The second-order valence-corrected chi connectivity index (χ2v) is 8.02. The summed E-state index contributed by atoms with van der Waals surface area (Å²) in [6.45, 7) is 0.544. The Morgan fingerprint density at radius 1 is 1.15 bits per heavy atom. The first-order valence-corrected chi connectivity index (χ1v) is 9.94. The van der Waals surface area contributed by atoms with Crippen molar-refractivity contribution in [1.29, 1.82) is 0 Å². The lowest BCUT2D eigenvalue weighted by Crippen LogP contribution is -2.27. The second-order valence-electron chi connectivity index (χ2n) is 6.28. The van der Waals surface area contributed by atoms with Crippen molar-refractivity contribution in [2.75, 3.05) is 13.2 Å². The summed E-state index contributed by atoms with van der Waals surface area (Å²) in [5, 5.41) is 0. The van der Waals surface area contributed by atoms with Gasteiger partial charge in [0.1, 0.15) is 16.5 Å². The highest BCUT2D eigenvalue weighted by Crippen LogP contribution is 2.29. The summed E-state index contributed by atoms with van der Waals surface area (Å²) in [6, 6.07) is 12.0. The van der Waals surface area contributed by atoms with Gasteiger partial charge in [0, 0.05) is 18.5 Å². The molecule has 1 aliphatic carbocycles. The van der Waals surface area contributed by atoms with Gasteiger partial charge in [-0.15, -0.1) is 0 Å². The minimum atomic E-state index is -3.99. The van der Waals surface area contributed by atoms with Gasteiger partial charge in [0.25, 0.3) is 0 Å². The first kappa shape index (κ1) is 18.5. The normalized spacial score (nSPS) is 14.2. The average Bonchev–Trinajstić information content (AvgIpc) is 3.44. The number of carbonyl (C=O) groups is 1.